The lowest BCUT2D eigenvalue weighted by Gasteiger charge is -2.22. The smallest absolute Gasteiger partial charge is 0.240 e. The second-order valence-electron chi connectivity index (χ2n) is 6.27. The van der Waals surface area contributed by atoms with Gasteiger partial charge in [0, 0.05) is 18.7 Å². The number of carbonyl (C=O) groups excluding carboxylic acids is 1. The Balaban J connectivity index is 1.59. The number of aromatic nitrogens is 3. The number of nitrogens with one attached hydrogen (secondary N) is 1. The van der Waals surface area contributed by atoms with Crippen molar-refractivity contribution >= 4 is 17.7 Å². The summed E-state index contributed by atoms with van der Waals surface area (Å²) in [6.45, 7) is 1.68. The highest BCUT2D eigenvalue weighted by atomic mass is 32.2. The van der Waals surface area contributed by atoms with Crippen molar-refractivity contribution in [1.29, 1.82) is 0 Å². The fourth-order valence-corrected chi connectivity index (χ4v) is 4.12. The summed E-state index contributed by atoms with van der Waals surface area (Å²) in [4.78, 5) is 19.6. The van der Waals surface area contributed by atoms with Gasteiger partial charge < -0.3 is 4.90 Å². The molecule has 0 saturated carbocycles. The second-order valence-corrected chi connectivity index (χ2v) is 7.35. The molecule has 0 bridgehead atoms. The zero-order valence-electron chi connectivity index (χ0n) is 14.3. The van der Waals surface area contributed by atoms with Crippen molar-refractivity contribution < 1.29 is 4.79 Å². The fourth-order valence-electron chi connectivity index (χ4n) is 3.12. The molecule has 0 radical (unpaired) electrons. The SMILES string of the molecule is O=C([C@@H](Sc1n[nH]c(-c2ccccc2)n1)c1ccccc1)N1CCCC1. The van der Waals surface area contributed by atoms with Crippen LogP contribution in [0, 0.1) is 0 Å². The number of benzene rings is 2. The van der Waals surface area contributed by atoms with Crippen LogP contribution in [0.1, 0.15) is 23.7 Å². The van der Waals surface area contributed by atoms with E-state index >= 15 is 0 Å². The molecule has 0 unspecified atom stereocenters. The van der Waals surface area contributed by atoms with Crippen molar-refractivity contribution in [3.05, 3.63) is 66.2 Å². The molecular formula is C20H20N4OS. The molecule has 0 aliphatic carbocycles. The predicted molar refractivity (Wildman–Crippen MR) is 103 cm³/mol. The highest BCUT2D eigenvalue weighted by Crippen LogP contribution is 2.36. The first-order valence-corrected chi connectivity index (χ1v) is 9.67. The second kappa shape index (κ2) is 7.74. The van der Waals surface area contributed by atoms with E-state index in [-0.39, 0.29) is 11.2 Å². The minimum Gasteiger partial charge on any atom is -0.341 e. The molecule has 132 valence electrons. The first kappa shape index (κ1) is 16.8. The molecule has 1 N–H and O–H groups in total. The van der Waals surface area contributed by atoms with Gasteiger partial charge in [-0.1, -0.05) is 72.4 Å². The van der Waals surface area contributed by atoms with Crippen LogP contribution >= 0.6 is 11.8 Å². The van der Waals surface area contributed by atoms with Crippen LogP contribution in [0.4, 0.5) is 0 Å². The maximum absolute atomic E-state index is 13.1. The van der Waals surface area contributed by atoms with Gasteiger partial charge in [-0.05, 0) is 18.4 Å². The molecule has 1 aliphatic rings. The Morgan fingerprint density at radius 2 is 1.65 bits per heavy atom. The normalized spacial score (nSPS) is 15.2. The minimum absolute atomic E-state index is 0.143. The number of aromatic amines is 1. The minimum atomic E-state index is -0.325. The van der Waals surface area contributed by atoms with Gasteiger partial charge in [0.15, 0.2) is 5.82 Å². The molecule has 6 heteroatoms. The van der Waals surface area contributed by atoms with E-state index < -0.39 is 0 Å². The number of rotatable bonds is 5. The lowest BCUT2D eigenvalue weighted by Crippen LogP contribution is -2.31. The highest BCUT2D eigenvalue weighted by Gasteiger charge is 2.29. The van der Waals surface area contributed by atoms with Gasteiger partial charge in [-0.3, -0.25) is 9.89 Å². The maximum atomic E-state index is 13.1. The average molecular weight is 364 g/mol. The molecule has 4 rings (SSSR count). The van der Waals surface area contributed by atoms with Crippen LogP contribution in [-0.2, 0) is 4.79 Å². The first-order chi connectivity index (χ1) is 12.8. The van der Waals surface area contributed by atoms with E-state index in [9.17, 15) is 4.79 Å². The number of nitrogens with zero attached hydrogens (tertiary/aromatic N) is 3. The number of carbonyl (C=O) groups is 1. The van der Waals surface area contributed by atoms with E-state index in [0.29, 0.717) is 11.0 Å². The summed E-state index contributed by atoms with van der Waals surface area (Å²) in [5.74, 6) is 0.860. The van der Waals surface area contributed by atoms with E-state index in [0.717, 1.165) is 37.1 Å². The van der Waals surface area contributed by atoms with Crippen molar-refractivity contribution in [3.8, 4) is 11.4 Å². The van der Waals surface area contributed by atoms with Gasteiger partial charge in [0.1, 0.15) is 5.25 Å². The molecule has 1 atom stereocenters. The maximum Gasteiger partial charge on any atom is 0.240 e. The largest absolute Gasteiger partial charge is 0.341 e. The van der Waals surface area contributed by atoms with Crippen molar-refractivity contribution in [3.63, 3.8) is 0 Å². The summed E-state index contributed by atoms with van der Waals surface area (Å²) in [6, 6.07) is 19.8. The Morgan fingerprint density at radius 3 is 2.35 bits per heavy atom. The van der Waals surface area contributed by atoms with Crippen molar-refractivity contribution in [2.24, 2.45) is 0 Å². The van der Waals surface area contributed by atoms with Gasteiger partial charge >= 0.3 is 0 Å². The van der Waals surface area contributed by atoms with Crippen LogP contribution in [0.3, 0.4) is 0 Å². The Morgan fingerprint density at radius 1 is 1.00 bits per heavy atom. The van der Waals surface area contributed by atoms with Crippen molar-refractivity contribution in [1.82, 2.24) is 20.1 Å². The molecule has 1 fully saturated rings. The van der Waals surface area contributed by atoms with Crippen LogP contribution in [0.25, 0.3) is 11.4 Å². The Hall–Kier alpha value is -2.60. The Labute approximate surface area is 156 Å². The summed E-state index contributed by atoms with van der Waals surface area (Å²) in [7, 11) is 0. The van der Waals surface area contributed by atoms with Crippen LogP contribution in [0.2, 0.25) is 0 Å². The lowest BCUT2D eigenvalue weighted by molar-refractivity contribution is -0.129. The molecular weight excluding hydrogens is 344 g/mol. The molecule has 5 nitrogen and oxygen atoms in total. The average Bonchev–Trinajstić information content (AvgIpc) is 3.39. The molecule has 1 aliphatic heterocycles. The van der Waals surface area contributed by atoms with Gasteiger partial charge in [0.2, 0.25) is 11.1 Å². The van der Waals surface area contributed by atoms with E-state index in [4.69, 9.17) is 0 Å². The van der Waals surface area contributed by atoms with E-state index in [1.54, 1.807) is 0 Å². The van der Waals surface area contributed by atoms with Gasteiger partial charge in [-0.15, -0.1) is 5.10 Å². The monoisotopic (exact) mass is 364 g/mol. The summed E-state index contributed by atoms with van der Waals surface area (Å²) < 4.78 is 0. The molecule has 3 aromatic rings. The topological polar surface area (TPSA) is 61.9 Å². The molecule has 1 saturated heterocycles. The van der Waals surface area contributed by atoms with Gasteiger partial charge in [-0.25, -0.2) is 4.98 Å². The van der Waals surface area contributed by atoms with Crippen LogP contribution in [-0.4, -0.2) is 39.1 Å². The van der Waals surface area contributed by atoms with Crippen LogP contribution in [0.15, 0.2) is 65.8 Å². The van der Waals surface area contributed by atoms with Crippen molar-refractivity contribution in [2.75, 3.05) is 13.1 Å². The predicted octanol–water partition coefficient (Wildman–Crippen LogP) is 3.93. The zero-order valence-corrected chi connectivity index (χ0v) is 15.2. The zero-order chi connectivity index (χ0) is 17.8. The summed E-state index contributed by atoms with van der Waals surface area (Å²) in [5.41, 5.74) is 1.97. The van der Waals surface area contributed by atoms with Gasteiger partial charge in [-0.2, -0.15) is 0 Å². The van der Waals surface area contributed by atoms with Gasteiger partial charge in [0.05, 0.1) is 0 Å². The van der Waals surface area contributed by atoms with Crippen LogP contribution in [0.5, 0.6) is 0 Å². The molecule has 1 amide bonds. The summed E-state index contributed by atoms with van der Waals surface area (Å²) >= 11 is 1.41. The Kier molecular flexibility index (Phi) is 5.02. The third kappa shape index (κ3) is 3.65. The van der Waals surface area contributed by atoms with E-state index in [1.165, 1.54) is 11.8 Å². The summed E-state index contributed by atoms with van der Waals surface area (Å²) in [5, 5.41) is 7.57. The number of thioether (sulfide) groups is 1. The molecule has 2 heterocycles. The lowest BCUT2D eigenvalue weighted by atomic mass is 10.1. The van der Waals surface area contributed by atoms with E-state index in [1.807, 2.05) is 65.6 Å². The third-order valence-corrected chi connectivity index (χ3v) is 5.58. The highest BCUT2D eigenvalue weighted by molar-refractivity contribution is 8.00. The quantitative estimate of drug-likeness (QED) is 0.697. The third-order valence-electron chi connectivity index (χ3n) is 4.48. The number of H-pyrrole nitrogens is 1. The standard InChI is InChI=1S/C20H20N4OS/c25-19(24-13-7-8-14-24)17(15-9-3-1-4-10-15)26-20-21-18(22-23-20)16-11-5-2-6-12-16/h1-6,9-12,17H,7-8,13-14H2,(H,21,22,23)/t17-/m0/s1. The Bertz CT molecular complexity index is 860. The number of hydrogen-bond donors (Lipinski definition) is 1. The van der Waals surface area contributed by atoms with Gasteiger partial charge in [0.25, 0.3) is 0 Å². The molecule has 2 aromatic carbocycles. The van der Waals surface area contributed by atoms with Crippen LogP contribution < -0.4 is 0 Å². The fraction of sp³-hybridized carbons (Fsp3) is 0.250. The van der Waals surface area contributed by atoms with Crippen molar-refractivity contribution in [2.45, 2.75) is 23.2 Å². The summed E-state index contributed by atoms with van der Waals surface area (Å²) in [6.07, 6.45) is 2.16. The first-order valence-electron chi connectivity index (χ1n) is 8.79. The molecule has 26 heavy (non-hydrogen) atoms. The molecule has 0 spiro atoms. The number of likely N-dealkylation sites (tertiary alicyclic amines) is 1. The number of amides is 1. The van der Waals surface area contributed by atoms with E-state index in [2.05, 4.69) is 15.2 Å². The number of hydrogen-bond acceptors (Lipinski definition) is 4. The molecule has 1 aromatic heterocycles.